The third-order valence-electron chi connectivity index (χ3n) is 2.82. The Morgan fingerprint density at radius 3 is 2.53 bits per heavy atom. The zero-order valence-corrected chi connectivity index (χ0v) is 10.8. The Labute approximate surface area is 105 Å². The molecule has 0 unspecified atom stereocenters. The average Bonchev–Trinajstić information content (AvgIpc) is 2.39. The molecular weight excluding hydrogens is 212 g/mol. The van der Waals surface area contributed by atoms with E-state index in [1.54, 1.807) is 0 Å². The van der Waals surface area contributed by atoms with Gasteiger partial charge in [-0.25, -0.2) is 0 Å². The van der Waals surface area contributed by atoms with Gasteiger partial charge in [-0.2, -0.15) is 0 Å². The lowest BCUT2D eigenvalue weighted by atomic mass is 10.1. The van der Waals surface area contributed by atoms with E-state index in [-0.39, 0.29) is 0 Å². The van der Waals surface area contributed by atoms with Gasteiger partial charge in [0.25, 0.3) is 0 Å². The maximum absolute atomic E-state index is 5.40. The molecule has 0 aliphatic heterocycles. The topological polar surface area (TPSA) is 38.5 Å². The third-order valence-corrected chi connectivity index (χ3v) is 2.82. The van der Waals surface area contributed by atoms with E-state index in [4.69, 9.17) is 10.5 Å². The van der Waals surface area contributed by atoms with Crippen molar-refractivity contribution >= 4 is 0 Å². The van der Waals surface area contributed by atoms with Crippen LogP contribution in [0.15, 0.2) is 30.3 Å². The largest absolute Gasteiger partial charge is 0.379 e. The van der Waals surface area contributed by atoms with Crippen LogP contribution in [0.4, 0.5) is 0 Å². The van der Waals surface area contributed by atoms with Crippen molar-refractivity contribution in [2.24, 2.45) is 5.73 Å². The summed E-state index contributed by atoms with van der Waals surface area (Å²) in [5.74, 6) is 0. The number of benzene rings is 1. The summed E-state index contributed by atoms with van der Waals surface area (Å²) in [5.41, 5.74) is 6.77. The molecule has 0 spiro atoms. The van der Waals surface area contributed by atoms with Gasteiger partial charge in [0.2, 0.25) is 0 Å². The smallest absolute Gasteiger partial charge is 0.0594 e. The van der Waals surface area contributed by atoms with Crippen molar-refractivity contribution in [3.05, 3.63) is 35.9 Å². The zero-order chi connectivity index (χ0) is 12.3. The number of nitrogens with zero attached hydrogens (tertiary/aromatic N) is 1. The summed E-state index contributed by atoms with van der Waals surface area (Å²) in [7, 11) is 0. The van der Waals surface area contributed by atoms with Crippen LogP contribution in [-0.4, -0.2) is 44.3 Å². The van der Waals surface area contributed by atoms with E-state index in [1.165, 1.54) is 5.56 Å². The third kappa shape index (κ3) is 6.41. The van der Waals surface area contributed by atoms with E-state index < -0.39 is 0 Å². The molecule has 1 aromatic carbocycles. The number of hydrogen-bond donors (Lipinski definition) is 1. The van der Waals surface area contributed by atoms with Crippen LogP contribution in [0.5, 0.6) is 0 Å². The molecule has 0 amide bonds. The summed E-state index contributed by atoms with van der Waals surface area (Å²) < 4.78 is 5.40. The lowest BCUT2D eigenvalue weighted by Gasteiger charge is -2.20. The Hall–Kier alpha value is -0.900. The van der Waals surface area contributed by atoms with E-state index >= 15 is 0 Å². The Balaban J connectivity index is 2.18. The molecular formula is C14H24N2O. The first kappa shape index (κ1) is 14.2. The van der Waals surface area contributed by atoms with Crippen LogP contribution in [0.1, 0.15) is 12.5 Å². The molecule has 0 atom stereocenters. The van der Waals surface area contributed by atoms with Crippen molar-refractivity contribution < 1.29 is 4.74 Å². The summed E-state index contributed by atoms with van der Waals surface area (Å²) in [6.07, 6.45) is 1.10. The van der Waals surface area contributed by atoms with Gasteiger partial charge in [-0.3, -0.25) is 0 Å². The first-order valence-electron chi connectivity index (χ1n) is 6.41. The van der Waals surface area contributed by atoms with Gasteiger partial charge in [0, 0.05) is 19.6 Å². The van der Waals surface area contributed by atoms with E-state index in [0.29, 0.717) is 13.2 Å². The standard InChI is InChI=1S/C14H24N2O/c1-2-16(11-13-17-12-9-15)10-8-14-6-4-3-5-7-14/h3-7H,2,8-13,15H2,1H3. The minimum atomic E-state index is 0.607. The van der Waals surface area contributed by atoms with Crippen molar-refractivity contribution in [1.29, 1.82) is 0 Å². The fourth-order valence-electron chi connectivity index (χ4n) is 1.74. The number of likely N-dealkylation sites (N-methyl/N-ethyl adjacent to an activating group) is 1. The quantitative estimate of drug-likeness (QED) is 0.661. The number of nitrogens with two attached hydrogens (primary N) is 1. The molecule has 0 saturated heterocycles. The van der Waals surface area contributed by atoms with Gasteiger partial charge < -0.3 is 15.4 Å². The SMILES string of the molecule is CCN(CCOCCN)CCc1ccccc1. The van der Waals surface area contributed by atoms with Gasteiger partial charge in [-0.05, 0) is 18.5 Å². The van der Waals surface area contributed by atoms with E-state index in [0.717, 1.165) is 32.7 Å². The molecule has 0 fully saturated rings. The summed E-state index contributed by atoms with van der Waals surface area (Å²) >= 11 is 0. The molecule has 3 heteroatoms. The minimum absolute atomic E-state index is 0.607. The van der Waals surface area contributed by atoms with Crippen LogP contribution in [-0.2, 0) is 11.2 Å². The number of rotatable bonds is 9. The Morgan fingerprint density at radius 1 is 1.12 bits per heavy atom. The minimum Gasteiger partial charge on any atom is -0.379 e. The van der Waals surface area contributed by atoms with E-state index in [1.807, 2.05) is 0 Å². The van der Waals surface area contributed by atoms with Gasteiger partial charge in [0.1, 0.15) is 0 Å². The normalized spacial score (nSPS) is 11.0. The lowest BCUT2D eigenvalue weighted by molar-refractivity contribution is 0.111. The predicted molar refractivity (Wildman–Crippen MR) is 72.1 cm³/mol. The van der Waals surface area contributed by atoms with Gasteiger partial charge >= 0.3 is 0 Å². The van der Waals surface area contributed by atoms with Crippen molar-refractivity contribution in [3.63, 3.8) is 0 Å². The second-order valence-electron chi connectivity index (χ2n) is 4.07. The second kappa shape index (κ2) is 9.16. The predicted octanol–water partition coefficient (Wildman–Crippen LogP) is 1.53. The van der Waals surface area contributed by atoms with Gasteiger partial charge in [0.15, 0.2) is 0 Å². The molecule has 17 heavy (non-hydrogen) atoms. The molecule has 0 bridgehead atoms. The Kier molecular flexibility index (Phi) is 7.63. The average molecular weight is 236 g/mol. The molecule has 0 saturated carbocycles. The maximum atomic E-state index is 5.40. The summed E-state index contributed by atoms with van der Waals surface area (Å²) in [5, 5.41) is 0. The second-order valence-corrected chi connectivity index (χ2v) is 4.07. The highest BCUT2D eigenvalue weighted by Gasteiger charge is 2.02. The van der Waals surface area contributed by atoms with E-state index in [2.05, 4.69) is 42.2 Å². The number of hydrogen-bond acceptors (Lipinski definition) is 3. The molecule has 0 aliphatic carbocycles. The van der Waals surface area contributed by atoms with Crippen LogP contribution in [0, 0.1) is 0 Å². The Morgan fingerprint density at radius 2 is 1.88 bits per heavy atom. The molecule has 1 rings (SSSR count). The highest BCUT2D eigenvalue weighted by atomic mass is 16.5. The van der Waals surface area contributed by atoms with Crippen molar-refractivity contribution in [2.45, 2.75) is 13.3 Å². The van der Waals surface area contributed by atoms with Gasteiger partial charge in [-0.15, -0.1) is 0 Å². The van der Waals surface area contributed by atoms with Crippen molar-refractivity contribution in [1.82, 2.24) is 4.90 Å². The number of ether oxygens (including phenoxy) is 1. The molecule has 3 nitrogen and oxygen atoms in total. The molecule has 0 radical (unpaired) electrons. The highest BCUT2D eigenvalue weighted by molar-refractivity contribution is 5.14. The van der Waals surface area contributed by atoms with Crippen molar-refractivity contribution in [2.75, 3.05) is 39.4 Å². The molecule has 96 valence electrons. The lowest BCUT2D eigenvalue weighted by Crippen LogP contribution is -2.30. The molecule has 2 N–H and O–H groups in total. The zero-order valence-electron chi connectivity index (χ0n) is 10.8. The van der Waals surface area contributed by atoms with Crippen molar-refractivity contribution in [3.8, 4) is 0 Å². The van der Waals surface area contributed by atoms with Crippen LogP contribution in [0.25, 0.3) is 0 Å². The van der Waals surface area contributed by atoms with E-state index in [9.17, 15) is 0 Å². The highest BCUT2D eigenvalue weighted by Crippen LogP contribution is 2.01. The van der Waals surface area contributed by atoms with Crippen LogP contribution < -0.4 is 5.73 Å². The Bertz CT molecular complexity index is 277. The summed E-state index contributed by atoms with van der Waals surface area (Å²) in [6, 6.07) is 10.6. The fraction of sp³-hybridized carbons (Fsp3) is 0.571. The molecule has 1 aromatic rings. The maximum Gasteiger partial charge on any atom is 0.0594 e. The van der Waals surface area contributed by atoms with Crippen LogP contribution in [0.2, 0.25) is 0 Å². The summed E-state index contributed by atoms with van der Waals surface area (Å²) in [6.45, 7) is 7.38. The molecule has 0 heterocycles. The first-order valence-corrected chi connectivity index (χ1v) is 6.41. The van der Waals surface area contributed by atoms with Gasteiger partial charge in [0.05, 0.1) is 13.2 Å². The van der Waals surface area contributed by atoms with Crippen LogP contribution in [0.3, 0.4) is 0 Å². The molecule has 0 aromatic heterocycles. The first-order chi connectivity index (χ1) is 8.36. The van der Waals surface area contributed by atoms with Gasteiger partial charge in [-0.1, -0.05) is 37.3 Å². The van der Waals surface area contributed by atoms with Crippen LogP contribution >= 0.6 is 0 Å². The summed E-state index contributed by atoms with van der Waals surface area (Å²) in [4.78, 5) is 2.41. The fourth-order valence-corrected chi connectivity index (χ4v) is 1.74. The molecule has 0 aliphatic rings. The monoisotopic (exact) mass is 236 g/mol.